The number of nitrogens with zero attached hydrogens (tertiary/aromatic N) is 3. The van der Waals surface area contributed by atoms with E-state index in [2.05, 4.69) is 10.1 Å². The summed E-state index contributed by atoms with van der Waals surface area (Å²) in [6.45, 7) is 0. The third-order valence-electron chi connectivity index (χ3n) is 2.70. The van der Waals surface area contributed by atoms with Crippen molar-refractivity contribution >= 4 is 17.3 Å². The van der Waals surface area contributed by atoms with E-state index in [1.54, 1.807) is 36.2 Å². The first kappa shape index (κ1) is 12.8. The molecule has 0 amide bonds. The monoisotopic (exact) mass is 260 g/mol. The Bertz CT molecular complexity index is 598. The summed E-state index contributed by atoms with van der Waals surface area (Å²) in [5.74, 6) is 0.158. The second-order valence-electron chi connectivity index (χ2n) is 3.90. The zero-order chi connectivity index (χ0) is 13.8. The van der Waals surface area contributed by atoms with E-state index in [4.69, 9.17) is 10.9 Å². The van der Waals surface area contributed by atoms with E-state index in [0.717, 1.165) is 6.20 Å². The van der Waals surface area contributed by atoms with E-state index in [9.17, 15) is 4.39 Å². The molecule has 19 heavy (non-hydrogen) atoms. The number of halogens is 1. The fourth-order valence-electron chi connectivity index (χ4n) is 1.73. The Morgan fingerprint density at radius 2 is 2.05 bits per heavy atom. The first-order valence-electron chi connectivity index (χ1n) is 5.55. The average molecular weight is 260 g/mol. The molecule has 0 radical (unpaired) electrons. The third-order valence-corrected chi connectivity index (χ3v) is 2.70. The molecule has 2 rings (SSSR count). The number of oxime groups is 1. The summed E-state index contributed by atoms with van der Waals surface area (Å²) in [5.41, 5.74) is 6.90. The van der Waals surface area contributed by atoms with Gasteiger partial charge in [-0.2, -0.15) is 0 Å². The van der Waals surface area contributed by atoms with E-state index in [-0.39, 0.29) is 5.84 Å². The molecule has 1 aromatic carbocycles. The van der Waals surface area contributed by atoms with Crippen molar-refractivity contribution in [2.24, 2.45) is 10.9 Å². The molecule has 0 aliphatic carbocycles. The molecule has 0 unspecified atom stereocenters. The van der Waals surface area contributed by atoms with Crippen molar-refractivity contribution in [3.05, 3.63) is 54.0 Å². The molecule has 0 fully saturated rings. The fourth-order valence-corrected chi connectivity index (χ4v) is 1.73. The number of anilines is 2. The van der Waals surface area contributed by atoms with Crippen molar-refractivity contribution in [2.45, 2.75) is 0 Å². The molecule has 0 saturated heterocycles. The molecular formula is C13H13FN4O. The largest absolute Gasteiger partial charge is 0.409 e. The van der Waals surface area contributed by atoms with E-state index in [1.807, 2.05) is 6.07 Å². The third kappa shape index (κ3) is 2.62. The second-order valence-corrected chi connectivity index (χ2v) is 3.90. The minimum Gasteiger partial charge on any atom is -0.409 e. The smallest absolute Gasteiger partial charge is 0.172 e. The highest BCUT2D eigenvalue weighted by atomic mass is 19.1. The highest BCUT2D eigenvalue weighted by molar-refractivity contribution is 6.02. The Morgan fingerprint density at radius 1 is 1.32 bits per heavy atom. The Labute approximate surface area is 109 Å². The molecule has 0 aliphatic rings. The zero-order valence-electron chi connectivity index (χ0n) is 10.3. The van der Waals surface area contributed by atoms with Gasteiger partial charge in [-0.25, -0.2) is 9.37 Å². The van der Waals surface area contributed by atoms with Gasteiger partial charge >= 0.3 is 0 Å². The van der Waals surface area contributed by atoms with Crippen molar-refractivity contribution in [1.29, 1.82) is 0 Å². The molecule has 1 aromatic heterocycles. The maximum Gasteiger partial charge on any atom is 0.172 e. The quantitative estimate of drug-likeness (QED) is 0.383. The number of pyridine rings is 1. The van der Waals surface area contributed by atoms with Crippen molar-refractivity contribution in [3.63, 3.8) is 0 Å². The topological polar surface area (TPSA) is 74.7 Å². The lowest BCUT2D eigenvalue weighted by atomic mass is 10.1. The molecule has 5 nitrogen and oxygen atoms in total. The van der Waals surface area contributed by atoms with Gasteiger partial charge in [0.15, 0.2) is 5.84 Å². The predicted octanol–water partition coefficient (Wildman–Crippen LogP) is 2.08. The lowest BCUT2D eigenvalue weighted by Crippen LogP contribution is -2.20. The number of para-hydroxylation sites is 1. The average Bonchev–Trinajstić information content (AvgIpc) is 2.46. The molecule has 0 aliphatic heterocycles. The number of aromatic nitrogens is 1. The maximum absolute atomic E-state index is 12.9. The maximum atomic E-state index is 12.9. The van der Waals surface area contributed by atoms with Gasteiger partial charge in [0, 0.05) is 12.6 Å². The summed E-state index contributed by atoms with van der Waals surface area (Å²) in [6, 6.07) is 10.0. The van der Waals surface area contributed by atoms with Crippen LogP contribution in [0.3, 0.4) is 0 Å². The van der Waals surface area contributed by atoms with E-state index >= 15 is 0 Å². The number of hydrogen-bond acceptors (Lipinski definition) is 4. The molecule has 0 atom stereocenters. The molecular weight excluding hydrogens is 247 g/mol. The van der Waals surface area contributed by atoms with Gasteiger partial charge in [-0.15, -0.1) is 0 Å². The molecule has 0 spiro atoms. The van der Waals surface area contributed by atoms with Gasteiger partial charge in [-0.3, -0.25) is 0 Å². The molecule has 98 valence electrons. The Morgan fingerprint density at radius 3 is 2.68 bits per heavy atom. The van der Waals surface area contributed by atoms with Crippen molar-refractivity contribution in [3.8, 4) is 0 Å². The van der Waals surface area contributed by atoms with Crippen LogP contribution in [-0.2, 0) is 0 Å². The number of nitrogens with two attached hydrogens (primary N) is 1. The molecule has 2 aromatic rings. The first-order chi connectivity index (χ1) is 9.13. The van der Waals surface area contributed by atoms with Crippen molar-refractivity contribution < 1.29 is 9.60 Å². The van der Waals surface area contributed by atoms with Gasteiger partial charge in [-0.1, -0.05) is 17.3 Å². The van der Waals surface area contributed by atoms with Crippen LogP contribution in [0.2, 0.25) is 0 Å². The fraction of sp³-hybridized carbons (Fsp3) is 0.0769. The molecule has 1 heterocycles. The standard InChI is InChI=1S/C13H13FN4O/c1-18(12-7-6-9(14)8-16-12)11-5-3-2-4-10(11)13(15)17-19/h2-8,19H,1H3,(H2,15,17). The lowest BCUT2D eigenvalue weighted by molar-refractivity contribution is 0.318. The van der Waals surface area contributed by atoms with Gasteiger partial charge in [0.2, 0.25) is 0 Å². The summed E-state index contributed by atoms with van der Waals surface area (Å²) in [4.78, 5) is 5.72. The van der Waals surface area contributed by atoms with Crippen LogP contribution < -0.4 is 10.6 Å². The zero-order valence-corrected chi connectivity index (χ0v) is 10.3. The van der Waals surface area contributed by atoms with E-state index in [1.165, 1.54) is 6.07 Å². The molecule has 6 heteroatoms. The van der Waals surface area contributed by atoms with Crippen LogP contribution in [0, 0.1) is 5.82 Å². The van der Waals surface area contributed by atoms with E-state index < -0.39 is 5.82 Å². The highest BCUT2D eigenvalue weighted by Gasteiger charge is 2.12. The molecule has 0 saturated carbocycles. The number of benzene rings is 1. The SMILES string of the molecule is CN(c1ccc(F)cn1)c1ccccc1/C(N)=N/O. The minimum atomic E-state index is -0.401. The van der Waals surface area contributed by atoms with Crippen LogP contribution in [0.4, 0.5) is 15.9 Å². The number of rotatable bonds is 3. The van der Waals surface area contributed by atoms with Crippen molar-refractivity contribution in [2.75, 3.05) is 11.9 Å². The summed E-state index contributed by atoms with van der Waals surface area (Å²) >= 11 is 0. The normalized spacial score (nSPS) is 11.4. The molecule has 3 N–H and O–H groups in total. The van der Waals surface area contributed by atoms with Crippen LogP contribution in [-0.4, -0.2) is 23.1 Å². The van der Waals surface area contributed by atoms with Gasteiger partial charge in [-0.05, 0) is 24.3 Å². The number of amidine groups is 1. The van der Waals surface area contributed by atoms with Crippen LogP contribution in [0.1, 0.15) is 5.56 Å². The predicted molar refractivity (Wildman–Crippen MR) is 71.2 cm³/mol. The van der Waals surface area contributed by atoms with Crippen molar-refractivity contribution in [1.82, 2.24) is 4.98 Å². The van der Waals surface area contributed by atoms with Crippen LogP contribution >= 0.6 is 0 Å². The summed E-state index contributed by atoms with van der Waals surface area (Å²) in [6.07, 6.45) is 1.14. The lowest BCUT2D eigenvalue weighted by Gasteiger charge is -2.20. The van der Waals surface area contributed by atoms with E-state index in [0.29, 0.717) is 17.1 Å². The minimum absolute atomic E-state index is 0.00422. The Kier molecular flexibility index (Phi) is 3.61. The second kappa shape index (κ2) is 5.34. The van der Waals surface area contributed by atoms with Gasteiger partial charge in [0.25, 0.3) is 0 Å². The Balaban J connectivity index is 2.44. The van der Waals surface area contributed by atoms with Gasteiger partial charge in [0.1, 0.15) is 11.6 Å². The van der Waals surface area contributed by atoms with Crippen LogP contribution in [0.25, 0.3) is 0 Å². The summed E-state index contributed by atoms with van der Waals surface area (Å²) in [7, 11) is 1.77. The Hall–Kier alpha value is -2.63. The van der Waals surface area contributed by atoms with Crippen LogP contribution in [0.15, 0.2) is 47.8 Å². The summed E-state index contributed by atoms with van der Waals surface area (Å²) < 4.78 is 12.9. The number of hydrogen-bond donors (Lipinski definition) is 2. The van der Waals surface area contributed by atoms with Crippen LogP contribution in [0.5, 0.6) is 0 Å². The highest BCUT2D eigenvalue weighted by Crippen LogP contribution is 2.25. The molecule has 0 bridgehead atoms. The summed E-state index contributed by atoms with van der Waals surface area (Å²) in [5, 5.41) is 11.8. The first-order valence-corrected chi connectivity index (χ1v) is 5.55. The van der Waals surface area contributed by atoms with Gasteiger partial charge in [0.05, 0.1) is 11.9 Å². The van der Waals surface area contributed by atoms with Gasteiger partial charge < -0.3 is 15.8 Å².